The molecule has 0 atom stereocenters. The molecule has 3 aliphatic rings. The first kappa shape index (κ1) is 20.0. The van der Waals surface area contributed by atoms with Crippen LogP contribution in [0.3, 0.4) is 0 Å². The Morgan fingerprint density at radius 2 is 1.69 bits per heavy atom. The molecule has 0 bridgehead atoms. The van der Waals surface area contributed by atoms with Gasteiger partial charge in [0.2, 0.25) is 0 Å². The Bertz CT molecular complexity index is 1460. The zero-order valence-electron chi connectivity index (χ0n) is 17.2. The molecule has 32 heavy (non-hydrogen) atoms. The summed E-state index contributed by atoms with van der Waals surface area (Å²) in [6.45, 7) is 2.03. The highest BCUT2D eigenvalue weighted by atomic mass is 32.2. The van der Waals surface area contributed by atoms with Crippen molar-refractivity contribution in [1.82, 2.24) is 4.98 Å². The fourth-order valence-electron chi connectivity index (χ4n) is 3.90. The van der Waals surface area contributed by atoms with Crippen LogP contribution in [-0.4, -0.2) is 19.3 Å². The summed E-state index contributed by atoms with van der Waals surface area (Å²) in [4.78, 5) is 16.8. The third kappa shape index (κ3) is 3.52. The minimum Gasteiger partial charge on any atom is -0.321 e. The number of hydrogen-bond acceptors (Lipinski definition) is 4. The molecule has 6 nitrogen and oxygen atoms in total. The van der Waals surface area contributed by atoms with Gasteiger partial charge in [-0.05, 0) is 65.6 Å². The van der Waals surface area contributed by atoms with Crippen molar-refractivity contribution >= 4 is 39.1 Å². The van der Waals surface area contributed by atoms with Gasteiger partial charge in [0, 0.05) is 23.0 Å². The molecule has 0 unspecified atom stereocenters. The minimum absolute atomic E-state index is 0.0549. The number of sulfonamides is 1. The number of benzene rings is 1. The number of pyridine rings is 1. The van der Waals surface area contributed by atoms with Crippen LogP contribution in [0.15, 0.2) is 83.9 Å². The number of nitrogens with zero attached hydrogens (tertiary/aromatic N) is 1. The maximum absolute atomic E-state index is 12.9. The Balaban J connectivity index is 1.57. The Morgan fingerprint density at radius 1 is 0.906 bits per heavy atom. The van der Waals surface area contributed by atoms with Crippen molar-refractivity contribution in [2.75, 3.05) is 10.0 Å². The molecule has 1 aliphatic heterocycles. The van der Waals surface area contributed by atoms with E-state index in [-0.39, 0.29) is 16.6 Å². The van der Waals surface area contributed by atoms with E-state index in [9.17, 15) is 13.2 Å². The van der Waals surface area contributed by atoms with Gasteiger partial charge in [-0.1, -0.05) is 42.5 Å². The fourth-order valence-corrected chi connectivity index (χ4v) is 4.94. The predicted octanol–water partition coefficient (Wildman–Crippen LogP) is 4.79. The van der Waals surface area contributed by atoms with E-state index in [0.29, 0.717) is 16.8 Å². The van der Waals surface area contributed by atoms with Crippen LogP contribution in [0.2, 0.25) is 0 Å². The second-order valence-electron chi connectivity index (χ2n) is 7.56. The summed E-state index contributed by atoms with van der Waals surface area (Å²) in [5.41, 5.74) is 5.71. The first-order valence-electron chi connectivity index (χ1n) is 10.0. The molecule has 1 aromatic carbocycles. The summed E-state index contributed by atoms with van der Waals surface area (Å²) in [6.07, 6.45) is 3.33. The van der Waals surface area contributed by atoms with E-state index < -0.39 is 10.0 Å². The number of rotatable bonds is 4. The molecule has 158 valence electrons. The summed E-state index contributed by atoms with van der Waals surface area (Å²) in [5.74, 6) is -0.0379. The average Bonchev–Trinajstić information content (AvgIpc) is 3.10. The topological polar surface area (TPSA) is 88.2 Å². The lowest BCUT2D eigenvalue weighted by molar-refractivity contribution is -0.110. The van der Waals surface area contributed by atoms with Crippen LogP contribution in [0.1, 0.15) is 16.7 Å². The molecule has 0 fully saturated rings. The molecule has 0 radical (unpaired) electrons. The molecular formula is C25H19N3O3S. The van der Waals surface area contributed by atoms with E-state index >= 15 is 0 Å². The van der Waals surface area contributed by atoms with Crippen LogP contribution in [-0.2, 0) is 14.8 Å². The Morgan fingerprint density at radius 3 is 2.47 bits per heavy atom. The van der Waals surface area contributed by atoms with Crippen LogP contribution in [0, 0.1) is 6.92 Å². The molecule has 1 amide bonds. The van der Waals surface area contributed by atoms with Gasteiger partial charge in [0.1, 0.15) is 5.82 Å². The first-order valence-corrected chi connectivity index (χ1v) is 11.5. The van der Waals surface area contributed by atoms with E-state index in [4.69, 9.17) is 0 Å². The van der Waals surface area contributed by atoms with E-state index in [1.165, 1.54) is 18.3 Å². The van der Waals surface area contributed by atoms with Crippen molar-refractivity contribution in [3.8, 4) is 11.1 Å². The van der Waals surface area contributed by atoms with Crippen LogP contribution in [0.4, 0.5) is 11.5 Å². The van der Waals surface area contributed by atoms with Gasteiger partial charge in [0.05, 0.1) is 4.90 Å². The van der Waals surface area contributed by atoms with Crippen LogP contribution in [0.5, 0.6) is 0 Å². The molecule has 5 rings (SSSR count). The number of carbonyl (C=O) groups is 1. The first-order chi connectivity index (χ1) is 15.4. The van der Waals surface area contributed by atoms with Gasteiger partial charge in [-0.2, -0.15) is 0 Å². The summed E-state index contributed by atoms with van der Waals surface area (Å²) in [7, 11) is -3.87. The van der Waals surface area contributed by atoms with Gasteiger partial charge in [-0.3, -0.25) is 9.52 Å². The molecule has 2 heterocycles. The van der Waals surface area contributed by atoms with Crippen molar-refractivity contribution in [2.24, 2.45) is 0 Å². The lowest BCUT2D eigenvalue weighted by atomic mass is 10.0. The molecule has 0 spiro atoms. The van der Waals surface area contributed by atoms with E-state index in [1.54, 1.807) is 24.3 Å². The van der Waals surface area contributed by atoms with E-state index in [0.717, 1.165) is 22.3 Å². The lowest BCUT2D eigenvalue weighted by Gasteiger charge is -2.08. The second kappa shape index (κ2) is 7.62. The maximum atomic E-state index is 12.9. The van der Waals surface area contributed by atoms with Gasteiger partial charge < -0.3 is 5.32 Å². The molecule has 7 heteroatoms. The standard InChI is InChI=1S/C25H19N3O3S/c1-16-13-17(20-8-4-2-3-7-19(16)20)14-22-21-15-18(10-11-23(21)27-25(22)29)32(30,31)28-24-9-5-6-12-26-24/h2-15H,1H3,(H,26,28)(H,27,29)/b22-14-. The summed E-state index contributed by atoms with van der Waals surface area (Å²) >= 11 is 0. The number of anilines is 2. The van der Waals surface area contributed by atoms with Gasteiger partial charge in [0.15, 0.2) is 0 Å². The maximum Gasteiger partial charge on any atom is 0.263 e. The number of carbonyl (C=O) groups excluding carboxylic acids is 1. The smallest absolute Gasteiger partial charge is 0.263 e. The third-order valence-electron chi connectivity index (χ3n) is 5.43. The number of hydrogen-bond donors (Lipinski definition) is 2. The molecule has 1 aromatic heterocycles. The normalized spacial score (nSPS) is 14.4. The quantitative estimate of drug-likeness (QED) is 0.446. The highest BCUT2D eigenvalue weighted by Gasteiger charge is 2.27. The van der Waals surface area contributed by atoms with E-state index in [1.807, 2.05) is 49.4 Å². The number of aromatic nitrogens is 1. The van der Waals surface area contributed by atoms with Gasteiger partial charge in [-0.25, -0.2) is 13.4 Å². The van der Waals surface area contributed by atoms with Crippen molar-refractivity contribution in [1.29, 1.82) is 0 Å². The zero-order valence-corrected chi connectivity index (χ0v) is 18.0. The third-order valence-corrected chi connectivity index (χ3v) is 6.79. The van der Waals surface area contributed by atoms with Gasteiger partial charge in [0.25, 0.3) is 15.9 Å². The van der Waals surface area contributed by atoms with E-state index in [2.05, 4.69) is 15.0 Å². The fraction of sp³-hybridized carbons (Fsp3) is 0.0400. The molecular weight excluding hydrogens is 422 g/mol. The monoisotopic (exact) mass is 441 g/mol. The number of nitrogens with one attached hydrogen (secondary N) is 2. The summed E-state index contributed by atoms with van der Waals surface area (Å²) < 4.78 is 28.2. The van der Waals surface area contributed by atoms with Crippen molar-refractivity contribution in [2.45, 2.75) is 11.8 Å². The molecule has 2 N–H and O–H groups in total. The number of fused-ring (bicyclic) bond motifs is 2. The predicted molar refractivity (Wildman–Crippen MR) is 126 cm³/mol. The molecule has 0 saturated heterocycles. The van der Waals surface area contributed by atoms with Gasteiger partial charge in [-0.15, -0.1) is 0 Å². The van der Waals surface area contributed by atoms with Crippen molar-refractivity contribution in [3.05, 3.63) is 95.7 Å². The van der Waals surface area contributed by atoms with Gasteiger partial charge >= 0.3 is 0 Å². The van der Waals surface area contributed by atoms with Crippen molar-refractivity contribution in [3.63, 3.8) is 0 Å². The molecule has 2 aliphatic carbocycles. The van der Waals surface area contributed by atoms with Crippen LogP contribution >= 0.6 is 0 Å². The highest BCUT2D eigenvalue weighted by molar-refractivity contribution is 7.92. The molecule has 0 saturated carbocycles. The Kier molecular flexibility index (Phi) is 4.75. The lowest BCUT2D eigenvalue weighted by Crippen LogP contribution is -2.13. The second-order valence-corrected chi connectivity index (χ2v) is 9.24. The minimum atomic E-state index is -3.87. The Labute approximate surface area is 186 Å². The number of aryl methyl sites for hydroxylation is 1. The largest absolute Gasteiger partial charge is 0.321 e. The summed E-state index contributed by atoms with van der Waals surface area (Å²) in [6, 6.07) is 21.6. The highest BCUT2D eigenvalue weighted by Crippen LogP contribution is 2.38. The van der Waals surface area contributed by atoms with Crippen molar-refractivity contribution < 1.29 is 13.2 Å². The molecule has 2 aromatic rings. The summed E-state index contributed by atoms with van der Waals surface area (Å²) in [5, 5.41) is 2.82. The number of amides is 1. The zero-order chi connectivity index (χ0) is 22.3. The van der Waals surface area contributed by atoms with Crippen LogP contribution in [0.25, 0.3) is 22.8 Å². The van der Waals surface area contributed by atoms with Crippen LogP contribution < -0.4 is 10.0 Å². The SMILES string of the molecule is Cc1cc(/C=C2\C(=O)Nc3ccc(S(=O)(=O)Nc4ccccn4)cc32)c2cccccc1-2. The Hall–Kier alpha value is -3.97. The average molecular weight is 442 g/mol.